The predicted octanol–water partition coefficient (Wildman–Crippen LogP) is 4.23. The number of aryl methyl sites for hydroxylation is 1. The van der Waals surface area contributed by atoms with Crippen molar-refractivity contribution in [3.63, 3.8) is 0 Å². The molecule has 1 N–H and O–H groups in total. The van der Waals surface area contributed by atoms with Crippen molar-refractivity contribution < 1.29 is 14.4 Å². The number of nitrogens with one attached hydrogen (secondary N) is 1. The van der Waals surface area contributed by atoms with Crippen LogP contribution in [0, 0.1) is 6.92 Å². The van der Waals surface area contributed by atoms with Gasteiger partial charge >= 0.3 is 0 Å². The predicted molar refractivity (Wildman–Crippen MR) is 108 cm³/mol. The van der Waals surface area contributed by atoms with E-state index < -0.39 is 17.1 Å². The van der Waals surface area contributed by atoms with Crippen molar-refractivity contribution in [2.24, 2.45) is 0 Å². The number of carbonyl (C=O) groups is 3. The maximum Gasteiger partial charge on any atom is 0.294 e. The zero-order valence-electron chi connectivity index (χ0n) is 14.7. The summed E-state index contributed by atoms with van der Waals surface area (Å²) in [5.41, 5.74) is 2.56. The van der Waals surface area contributed by atoms with E-state index in [4.69, 9.17) is 0 Å². The van der Waals surface area contributed by atoms with E-state index in [0.29, 0.717) is 10.6 Å². The smallest absolute Gasteiger partial charge is 0.294 e. The van der Waals surface area contributed by atoms with Crippen LogP contribution < -0.4 is 5.32 Å². The summed E-state index contributed by atoms with van der Waals surface area (Å²) in [6, 6.07) is 17.0. The molecular weight excluding hydrogens is 360 g/mol. The van der Waals surface area contributed by atoms with Crippen LogP contribution in [0.4, 0.5) is 10.5 Å². The number of rotatable bonds is 5. The van der Waals surface area contributed by atoms with Gasteiger partial charge in [-0.15, -0.1) is 0 Å². The van der Waals surface area contributed by atoms with Gasteiger partial charge in [0.15, 0.2) is 0 Å². The van der Waals surface area contributed by atoms with E-state index in [1.807, 2.05) is 61.5 Å². The molecular formula is C21H18N2O3S. The summed E-state index contributed by atoms with van der Waals surface area (Å²) < 4.78 is 0. The highest BCUT2D eigenvalue weighted by molar-refractivity contribution is 8.18. The molecule has 0 unspecified atom stereocenters. The molecule has 136 valence electrons. The molecule has 3 rings (SSSR count). The third-order valence-electron chi connectivity index (χ3n) is 3.93. The van der Waals surface area contributed by atoms with Crippen molar-refractivity contribution in [3.8, 4) is 0 Å². The van der Waals surface area contributed by atoms with Gasteiger partial charge in [-0.2, -0.15) is 0 Å². The van der Waals surface area contributed by atoms with Crippen LogP contribution in [0.25, 0.3) is 6.08 Å². The lowest BCUT2D eigenvalue weighted by Gasteiger charge is -2.13. The molecule has 0 bridgehead atoms. The van der Waals surface area contributed by atoms with Crippen LogP contribution in [0.2, 0.25) is 0 Å². The van der Waals surface area contributed by atoms with Crippen molar-refractivity contribution in [2.75, 3.05) is 11.9 Å². The first-order valence-corrected chi connectivity index (χ1v) is 9.19. The van der Waals surface area contributed by atoms with E-state index in [-0.39, 0.29) is 6.54 Å². The van der Waals surface area contributed by atoms with Crippen LogP contribution in [-0.4, -0.2) is 28.5 Å². The highest BCUT2D eigenvalue weighted by Gasteiger charge is 2.35. The fraction of sp³-hybridized carbons (Fsp3) is 0.0952. The van der Waals surface area contributed by atoms with Gasteiger partial charge in [0.2, 0.25) is 5.91 Å². The van der Waals surface area contributed by atoms with Crippen LogP contribution in [0.15, 0.2) is 71.7 Å². The molecule has 2 aromatic carbocycles. The topological polar surface area (TPSA) is 66.5 Å². The quantitative estimate of drug-likeness (QED) is 0.791. The molecule has 0 radical (unpaired) electrons. The van der Waals surface area contributed by atoms with Crippen molar-refractivity contribution in [1.82, 2.24) is 4.90 Å². The van der Waals surface area contributed by atoms with Gasteiger partial charge in [-0.05, 0) is 42.0 Å². The lowest BCUT2D eigenvalue weighted by Crippen LogP contribution is -2.36. The fourth-order valence-electron chi connectivity index (χ4n) is 2.51. The van der Waals surface area contributed by atoms with Crippen molar-refractivity contribution in [2.45, 2.75) is 6.92 Å². The monoisotopic (exact) mass is 378 g/mol. The molecule has 0 aromatic heterocycles. The van der Waals surface area contributed by atoms with E-state index >= 15 is 0 Å². The third kappa shape index (κ3) is 4.74. The molecule has 27 heavy (non-hydrogen) atoms. The first kappa shape index (κ1) is 18.7. The van der Waals surface area contributed by atoms with Crippen molar-refractivity contribution >= 4 is 40.6 Å². The second kappa shape index (κ2) is 8.51. The SMILES string of the molecule is Cc1ccccc1NC(=O)CN1C(=O)S/C(=C\C=C\c2ccccc2)C1=O. The molecule has 3 amide bonds. The van der Waals surface area contributed by atoms with Crippen molar-refractivity contribution in [1.29, 1.82) is 0 Å². The van der Waals surface area contributed by atoms with Gasteiger partial charge < -0.3 is 5.32 Å². The molecule has 0 aliphatic carbocycles. The molecule has 1 fully saturated rings. The standard InChI is InChI=1S/C21H18N2O3S/c1-15-8-5-6-12-17(15)22-19(24)14-23-20(25)18(27-21(23)26)13-7-11-16-9-3-2-4-10-16/h2-13H,14H2,1H3,(H,22,24)/b11-7+,18-13-. The molecule has 5 nitrogen and oxygen atoms in total. The van der Waals surface area contributed by atoms with Crippen molar-refractivity contribution in [3.05, 3.63) is 82.8 Å². The van der Waals surface area contributed by atoms with Gasteiger partial charge in [-0.1, -0.05) is 60.7 Å². The summed E-state index contributed by atoms with van der Waals surface area (Å²) in [5.74, 6) is -0.865. The Morgan fingerprint density at radius 1 is 1.07 bits per heavy atom. The molecule has 0 saturated carbocycles. The van der Waals surface area contributed by atoms with Gasteiger partial charge in [0.05, 0.1) is 4.91 Å². The number of thioether (sulfide) groups is 1. The Hall–Kier alpha value is -3.12. The lowest BCUT2D eigenvalue weighted by atomic mass is 10.2. The highest BCUT2D eigenvalue weighted by Crippen LogP contribution is 2.30. The minimum atomic E-state index is -0.456. The Morgan fingerprint density at radius 2 is 1.78 bits per heavy atom. The third-order valence-corrected chi connectivity index (χ3v) is 4.86. The molecule has 1 aliphatic heterocycles. The number of allylic oxidation sites excluding steroid dienone is 2. The van der Waals surface area contributed by atoms with E-state index in [1.54, 1.807) is 18.2 Å². The summed E-state index contributed by atoms with van der Waals surface area (Å²) >= 11 is 0.836. The van der Waals surface area contributed by atoms with Gasteiger partial charge in [-0.3, -0.25) is 19.3 Å². The van der Waals surface area contributed by atoms with E-state index in [2.05, 4.69) is 5.32 Å². The molecule has 1 heterocycles. The van der Waals surface area contributed by atoms with Crippen LogP contribution >= 0.6 is 11.8 Å². The van der Waals surface area contributed by atoms with Gasteiger partial charge in [0.1, 0.15) is 6.54 Å². The second-order valence-corrected chi connectivity index (χ2v) is 6.92. The molecule has 6 heteroatoms. The van der Waals surface area contributed by atoms with E-state index in [1.165, 1.54) is 0 Å². The number of anilines is 1. The van der Waals surface area contributed by atoms with Crippen LogP contribution in [0.5, 0.6) is 0 Å². The van der Waals surface area contributed by atoms with E-state index in [9.17, 15) is 14.4 Å². The zero-order chi connectivity index (χ0) is 19.2. The minimum absolute atomic E-state index is 0.302. The van der Waals surface area contributed by atoms with E-state index in [0.717, 1.165) is 27.8 Å². The summed E-state index contributed by atoms with van der Waals surface area (Å²) in [4.78, 5) is 38.0. The number of benzene rings is 2. The molecule has 0 spiro atoms. The number of carbonyl (C=O) groups excluding carboxylic acids is 3. The Bertz CT molecular complexity index is 935. The molecule has 0 atom stereocenters. The number of imide groups is 1. The normalized spacial score (nSPS) is 15.7. The van der Waals surface area contributed by atoms with Crippen LogP contribution in [-0.2, 0) is 9.59 Å². The Balaban J connectivity index is 1.63. The number of amides is 3. The Kier molecular flexibility index (Phi) is 5.88. The van der Waals surface area contributed by atoms with Crippen LogP contribution in [0.3, 0.4) is 0 Å². The second-order valence-electron chi connectivity index (χ2n) is 5.92. The van der Waals surface area contributed by atoms with Gasteiger partial charge in [-0.25, -0.2) is 0 Å². The fourth-order valence-corrected chi connectivity index (χ4v) is 3.30. The maximum atomic E-state index is 12.4. The molecule has 1 aliphatic rings. The number of para-hydroxylation sites is 1. The maximum absolute atomic E-state index is 12.4. The molecule has 1 saturated heterocycles. The summed E-state index contributed by atoms with van der Waals surface area (Å²) in [6.07, 6.45) is 5.16. The first-order chi connectivity index (χ1) is 13.0. The summed E-state index contributed by atoms with van der Waals surface area (Å²) in [6.45, 7) is 1.57. The lowest BCUT2D eigenvalue weighted by molar-refractivity contribution is -0.127. The molecule has 2 aromatic rings. The Labute approximate surface area is 161 Å². The summed E-state index contributed by atoms with van der Waals surface area (Å²) in [5, 5.41) is 2.28. The summed E-state index contributed by atoms with van der Waals surface area (Å²) in [7, 11) is 0. The Morgan fingerprint density at radius 3 is 2.52 bits per heavy atom. The first-order valence-electron chi connectivity index (χ1n) is 8.37. The number of nitrogens with zero attached hydrogens (tertiary/aromatic N) is 1. The average Bonchev–Trinajstić information content (AvgIpc) is 2.92. The highest BCUT2D eigenvalue weighted by atomic mass is 32.2. The van der Waals surface area contributed by atoms with Crippen LogP contribution in [0.1, 0.15) is 11.1 Å². The number of hydrogen-bond donors (Lipinski definition) is 1. The zero-order valence-corrected chi connectivity index (χ0v) is 15.5. The largest absolute Gasteiger partial charge is 0.324 e. The minimum Gasteiger partial charge on any atom is -0.324 e. The average molecular weight is 378 g/mol. The van der Waals surface area contributed by atoms with Gasteiger partial charge in [0, 0.05) is 5.69 Å². The number of hydrogen-bond acceptors (Lipinski definition) is 4. The van der Waals surface area contributed by atoms with Gasteiger partial charge in [0.25, 0.3) is 11.1 Å².